The Labute approximate surface area is 97.8 Å². The lowest BCUT2D eigenvalue weighted by molar-refractivity contribution is 0.420. The van der Waals surface area contributed by atoms with E-state index in [2.05, 4.69) is 18.2 Å². The van der Waals surface area contributed by atoms with Gasteiger partial charge in [0.05, 0.1) is 0 Å². The summed E-state index contributed by atoms with van der Waals surface area (Å²) in [5, 5.41) is 9.50. The van der Waals surface area contributed by atoms with Crippen LogP contribution in [0.25, 0.3) is 6.08 Å². The van der Waals surface area contributed by atoms with E-state index in [0.717, 1.165) is 17.0 Å². The van der Waals surface area contributed by atoms with Crippen LogP contribution >= 0.6 is 0 Å². The summed E-state index contributed by atoms with van der Waals surface area (Å²) in [6.07, 6.45) is 11.3. The van der Waals surface area contributed by atoms with E-state index < -0.39 is 0 Å². The molecule has 1 nitrogen and oxygen atoms in total. The van der Waals surface area contributed by atoms with Gasteiger partial charge in [-0.3, -0.25) is 0 Å². The van der Waals surface area contributed by atoms with Gasteiger partial charge in [-0.1, -0.05) is 37.5 Å². The number of aryl methyl sites for hydroxylation is 1. The van der Waals surface area contributed by atoms with Crippen LogP contribution in [-0.4, -0.2) is 5.11 Å². The van der Waals surface area contributed by atoms with E-state index >= 15 is 0 Å². The summed E-state index contributed by atoms with van der Waals surface area (Å²) < 4.78 is 0. The molecule has 1 aromatic carbocycles. The van der Waals surface area contributed by atoms with Crippen molar-refractivity contribution in [3.05, 3.63) is 35.4 Å². The Morgan fingerprint density at radius 2 is 1.88 bits per heavy atom. The van der Waals surface area contributed by atoms with Crippen LogP contribution in [0, 0.1) is 12.8 Å². The second-order valence-electron chi connectivity index (χ2n) is 4.86. The zero-order valence-corrected chi connectivity index (χ0v) is 9.95. The first kappa shape index (κ1) is 11.3. The zero-order chi connectivity index (χ0) is 11.4. The summed E-state index contributed by atoms with van der Waals surface area (Å²) in [6.45, 7) is 2.01. The summed E-state index contributed by atoms with van der Waals surface area (Å²) in [5.74, 6) is 1.11. The molecule has 1 aliphatic carbocycles. The molecule has 16 heavy (non-hydrogen) atoms. The van der Waals surface area contributed by atoms with Crippen molar-refractivity contribution in [1.82, 2.24) is 0 Å². The van der Waals surface area contributed by atoms with Crippen molar-refractivity contribution in [3.8, 4) is 5.75 Å². The Bertz CT molecular complexity index is 353. The molecule has 0 radical (unpaired) electrons. The van der Waals surface area contributed by atoms with E-state index in [4.69, 9.17) is 0 Å². The Kier molecular flexibility index (Phi) is 3.66. The average Bonchev–Trinajstić information content (AvgIpc) is 2.27. The van der Waals surface area contributed by atoms with Crippen molar-refractivity contribution in [3.63, 3.8) is 0 Å². The summed E-state index contributed by atoms with van der Waals surface area (Å²) in [4.78, 5) is 0. The minimum Gasteiger partial charge on any atom is -0.508 e. The molecule has 0 unspecified atom stereocenters. The maximum Gasteiger partial charge on any atom is 0.116 e. The largest absolute Gasteiger partial charge is 0.508 e. The van der Waals surface area contributed by atoms with Gasteiger partial charge >= 0.3 is 0 Å². The van der Waals surface area contributed by atoms with Crippen LogP contribution < -0.4 is 0 Å². The molecule has 0 spiro atoms. The molecule has 1 N–H and O–H groups in total. The summed E-state index contributed by atoms with van der Waals surface area (Å²) in [6, 6.07) is 5.73. The van der Waals surface area contributed by atoms with Gasteiger partial charge in [0.25, 0.3) is 0 Å². The highest BCUT2D eigenvalue weighted by molar-refractivity contribution is 5.53. The standard InChI is InChI=1S/C15H20O/c1-12-9-14(11-15(16)10-12)8-7-13-5-3-2-4-6-13/h7-11,13,16H,2-6H2,1H3/b8-7+. The van der Waals surface area contributed by atoms with Crippen LogP contribution in [0.3, 0.4) is 0 Å². The van der Waals surface area contributed by atoms with Gasteiger partial charge in [0.2, 0.25) is 0 Å². The summed E-state index contributed by atoms with van der Waals surface area (Å²) in [5.41, 5.74) is 2.23. The lowest BCUT2D eigenvalue weighted by Gasteiger charge is -2.17. The van der Waals surface area contributed by atoms with Crippen LogP contribution in [0.2, 0.25) is 0 Å². The van der Waals surface area contributed by atoms with Gasteiger partial charge in [0, 0.05) is 0 Å². The van der Waals surface area contributed by atoms with Gasteiger partial charge in [-0.15, -0.1) is 0 Å². The Hall–Kier alpha value is -1.24. The predicted octanol–water partition coefficient (Wildman–Crippen LogP) is 4.29. The quantitative estimate of drug-likeness (QED) is 0.781. The fourth-order valence-corrected chi connectivity index (χ4v) is 2.46. The molecule has 0 saturated heterocycles. The van der Waals surface area contributed by atoms with Crippen molar-refractivity contribution in [2.75, 3.05) is 0 Å². The Balaban J connectivity index is 2.04. The van der Waals surface area contributed by atoms with Crippen LogP contribution in [0.1, 0.15) is 43.2 Å². The molecule has 0 aromatic heterocycles. The number of benzene rings is 1. The second kappa shape index (κ2) is 5.20. The van der Waals surface area contributed by atoms with E-state index in [1.54, 1.807) is 6.07 Å². The van der Waals surface area contributed by atoms with Gasteiger partial charge in [0.1, 0.15) is 5.75 Å². The second-order valence-corrected chi connectivity index (χ2v) is 4.86. The zero-order valence-electron chi connectivity index (χ0n) is 9.95. The molecular weight excluding hydrogens is 196 g/mol. The molecule has 1 aromatic rings. The molecular formula is C15H20O. The third-order valence-corrected chi connectivity index (χ3v) is 3.30. The highest BCUT2D eigenvalue weighted by Gasteiger charge is 2.09. The van der Waals surface area contributed by atoms with Gasteiger partial charge in [-0.2, -0.15) is 0 Å². The molecule has 1 aliphatic rings. The SMILES string of the molecule is Cc1cc(O)cc(/C=C/C2CCCCC2)c1. The molecule has 0 amide bonds. The smallest absolute Gasteiger partial charge is 0.116 e. The van der Waals surface area contributed by atoms with E-state index in [9.17, 15) is 5.11 Å². The summed E-state index contributed by atoms with van der Waals surface area (Å²) in [7, 11) is 0. The molecule has 0 bridgehead atoms. The topological polar surface area (TPSA) is 20.2 Å². The van der Waals surface area contributed by atoms with Crippen LogP contribution in [-0.2, 0) is 0 Å². The number of phenolic OH excluding ortho intramolecular Hbond substituents is 1. The fourth-order valence-electron chi connectivity index (χ4n) is 2.46. The molecule has 0 heterocycles. The first-order valence-corrected chi connectivity index (χ1v) is 6.23. The highest BCUT2D eigenvalue weighted by Crippen LogP contribution is 2.25. The van der Waals surface area contributed by atoms with Gasteiger partial charge in [0.15, 0.2) is 0 Å². The normalized spacial score (nSPS) is 18.1. The Morgan fingerprint density at radius 1 is 1.12 bits per heavy atom. The van der Waals surface area contributed by atoms with E-state index in [1.807, 2.05) is 13.0 Å². The molecule has 0 aliphatic heterocycles. The number of allylic oxidation sites excluding steroid dienone is 1. The first-order valence-electron chi connectivity index (χ1n) is 6.23. The Morgan fingerprint density at radius 3 is 2.56 bits per heavy atom. The first-order chi connectivity index (χ1) is 7.74. The third-order valence-electron chi connectivity index (χ3n) is 3.30. The number of hydrogen-bond acceptors (Lipinski definition) is 1. The third kappa shape index (κ3) is 3.13. The van der Waals surface area contributed by atoms with Crippen molar-refractivity contribution < 1.29 is 5.11 Å². The minimum atomic E-state index is 0.364. The fraction of sp³-hybridized carbons (Fsp3) is 0.467. The minimum absolute atomic E-state index is 0.364. The maximum atomic E-state index is 9.50. The average molecular weight is 216 g/mol. The highest BCUT2D eigenvalue weighted by atomic mass is 16.3. The van der Waals surface area contributed by atoms with Crippen LogP contribution in [0.4, 0.5) is 0 Å². The van der Waals surface area contributed by atoms with Crippen LogP contribution in [0.5, 0.6) is 5.75 Å². The molecule has 1 saturated carbocycles. The number of hydrogen-bond donors (Lipinski definition) is 1. The van der Waals surface area contributed by atoms with E-state index in [1.165, 1.54) is 32.1 Å². The lowest BCUT2D eigenvalue weighted by Crippen LogP contribution is -2.02. The number of rotatable bonds is 2. The van der Waals surface area contributed by atoms with Gasteiger partial charge < -0.3 is 5.11 Å². The van der Waals surface area contributed by atoms with Gasteiger partial charge in [-0.25, -0.2) is 0 Å². The maximum absolute atomic E-state index is 9.50. The monoisotopic (exact) mass is 216 g/mol. The lowest BCUT2D eigenvalue weighted by atomic mass is 9.89. The van der Waals surface area contributed by atoms with Crippen molar-refractivity contribution in [2.45, 2.75) is 39.0 Å². The van der Waals surface area contributed by atoms with Crippen LogP contribution in [0.15, 0.2) is 24.3 Å². The number of aromatic hydroxyl groups is 1. The van der Waals surface area contributed by atoms with Crippen molar-refractivity contribution in [1.29, 1.82) is 0 Å². The number of phenols is 1. The summed E-state index contributed by atoms with van der Waals surface area (Å²) >= 11 is 0. The molecule has 86 valence electrons. The van der Waals surface area contributed by atoms with Crippen molar-refractivity contribution in [2.24, 2.45) is 5.92 Å². The molecule has 0 atom stereocenters. The molecule has 1 heteroatoms. The van der Waals surface area contributed by atoms with Gasteiger partial charge in [-0.05, 0) is 48.9 Å². The molecule has 2 rings (SSSR count). The molecule has 1 fully saturated rings. The van der Waals surface area contributed by atoms with E-state index in [-0.39, 0.29) is 0 Å². The van der Waals surface area contributed by atoms with Crippen molar-refractivity contribution >= 4 is 6.08 Å². The predicted molar refractivity (Wildman–Crippen MR) is 68.5 cm³/mol. The van der Waals surface area contributed by atoms with E-state index in [0.29, 0.717) is 5.75 Å².